The van der Waals surface area contributed by atoms with Crippen LogP contribution in [0.1, 0.15) is 36.8 Å². The fraction of sp³-hybridized carbons (Fsp3) is 0.458. The van der Waals surface area contributed by atoms with Crippen LogP contribution in [0.25, 0.3) is 0 Å². The summed E-state index contributed by atoms with van der Waals surface area (Å²) in [6.45, 7) is 3.35. The van der Waals surface area contributed by atoms with Gasteiger partial charge in [0.05, 0.1) is 14.2 Å². The average molecular weight is 413 g/mol. The second kappa shape index (κ2) is 10.9. The molecule has 0 saturated carbocycles. The Hall–Kier alpha value is -2.73. The number of ether oxygens (including phenoxy) is 2. The van der Waals surface area contributed by atoms with Gasteiger partial charge in [0.15, 0.2) is 0 Å². The lowest BCUT2D eigenvalue weighted by Gasteiger charge is -2.32. The molecule has 6 nitrogen and oxygen atoms in total. The smallest absolute Gasteiger partial charge is 0.220 e. The highest BCUT2D eigenvalue weighted by Gasteiger charge is 2.21. The van der Waals surface area contributed by atoms with Crippen LogP contribution in [0.5, 0.6) is 17.2 Å². The molecule has 0 bridgehead atoms. The largest absolute Gasteiger partial charge is 0.508 e. The molecule has 0 radical (unpaired) electrons. The van der Waals surface area contributed by atoms with Gasteiger partial charge in [-0.15, -0.1) is 0 Å². The van der Waals surface area contributed by atoms with Gasteiger partial charge in [0.2, 0.25) is 5.91 Å². The molecule has 1 atom stereocenters. The van der Waals surface area contributed by atoms with Crippen LogP contribution >= 0.6 is 0 Å². The number of carbonyl (C=O) groups excluding carboxylic acids is 1. The van der Waals surface area contributed by atoms with E-state index in [9.17, 15) is 9.90 Å². The van der Waals surface area contributed by atoms with Crippen LogP contribution in [-0.2, 0) is 17.9 Å². The van der Waals surface area contributed by atoms with Crippen LogP contribution in [0, 0.1) is 5.92 Å². The Kier molecular flexibility index (Phi) is 7.97. The number of hydrogen-bond acceptors (Lipinski definition) is 5. The van der Waals surface area contributed by atoms with Crippen molar-refractivity contribution in [2.75, 3.05) is 27.3 Å². The Labute approximate surface area is 178 Å². The van der Waals surface area contributed by atoms with E-state index in [0.717, 1.165) is 55.8 Å². The fourth-order valence-electron chi connectivity index (χ4n) is 4.06. The number of amides is 1. The Bertz CT molecular complexity index is 840. The number of phenols is 1. The summed E-state index contributed by atoms with van der Waals surface area (Å²) >= 11 is 0. The highest BCUT2D eigenvalue weighted by atomic mass is 16.5. The van der Waals surface area contributed by atoms with Gasteiger partial charge < -0.3 is 19.9 Å². The molecule has 2 aromatic rings. The maximum Gasteiger partial charge on any atom is 0.220 e. The van der Waals surface area contributed by atoms with E-state index in [4.69, 9.17) is 9.47 Å². The van der Waals surface area contributed by atoms with Crippen LogP contribution in [0.2, 0.25) is 0 Å². The standard InChI is InChI=1S/C24H32N2O4/c1-29-22-10-9-20(23(14-22)30-2)15-25-24(28)11-8-18-6-4-12-26(16-18)17-19-5-3-7-21(27)13-19/h3,5,7,9-10,13-14,18,27H,4,6,8,11-12,15-17H2,1-2H3,(H,25,28)/t18-/m1/s1. The molecule has 0 spiro atoms. The van der Waals surface area contributed by atoms with E-state index < -0.39 is 0 Å². The summed E-state index contributed by atoms with van der Waals surface area (Å²) in [5, 5.41) is 12.7. The molecule has 6 heteroatoms. The Morgan fingerprint density at radius 1 is 1.20 bits per heavy atom. The fourth-order valence-corrected chi connectivity index (χ4v) is 4.06. The van der Waals surface area contributed by atoms with Crippen molar-refractivity contribution in [2.24, 2.45) is 5.92 Å². The van der Waals surface area contributed by atoms with E-state index in [1.54, 1.807) is 20.3 Å². The second-order valence-electron chi connectivity index (χ2n) is 7.91. The number of phenolic OH excluding ortho intramolecular Hbond substituents is 1. The van der Waals surface area contributed by atoms with E-state index in [-0.39, 0.29) is 5.91 Å². The number of nitrogens with one attached hydrogen (secondary N) is 1. The lowest BCUT2D eigenvalue weighted by atomic mass is 9.93. The summed E-state index contributed by atoms with van der Waals surface area (Å²) in [6, 6.07) is 13.1. The summed E-state index contributed by atoms with van der Waals surface area (Å²) in [5.74, 6) is 2.35. The number of piperidine rings is 1. The van der Waals surface area contributed by atoms with Gasteiger partial charge in [-0.05, 0) is 61.6 Å². The zero-order valence-corrected chi connectivity index (χ0v) is 17.9. The minimum Gasteiger partial charge on any atom is -0.508 e. The number of nitrogens with zero attached hydrogens (tertiary/aromatic N) is 1. The summed E-state index contributed by atoms with van der Waals surface area (Å²) in [6.07, 6.45) is 3.73. The Morgan fingerprint density at radius 3 is 2.83 bits per heavy atom. The van der Waals surface area contributed by atoms with Crippen molar-refractivity contribution < 1.29 is 19.4 Å². The molecule has 0 aliphatic carbocycles. The molecular formula is C24H32N2O4. The minimum absolute atomic E-state index is 0.0676. The number of rotatable bonds is 9. The molecule has 2 aromatic carbocycles. The van der Waals surface area contributed by atoms with Gasteiger partial charge in [-0.2, -0.15) is 0 Å². The first-order chi connectivity index (χ1) is 14.6. The number of benzene rings is 2. The number of likely N-dealkylation sites (tertiary alicyclic amines) is 1. The third-order valence-corrected chi connectivity index (χ3v) is 5.67. The van der Waals surface area contributed by atoms with E-state index in [1.807, 2.05) is 36.4 Å². The van der Waals surface area contributed by atoms with Crippen LogP contribution in [0.15, 0.2) is 42.5 Å². The van der Waals surface area contributed by atoms with Gasteiger partial charge in [0.25, 0.3) is 0 Å². The molecule has 162 valence electrons. The number of methoxy groups -OCH3 is 2. The molecule has 3 rings (SSSR count). The molecule has 1 aliphatic heterocycles. The SMILES string of the molecule is COc1ccc(CNC(=O)CC[C@H]2CCCN(Cc3cccc(O)c3)C2)c(OC)c1. The molecule has 1 aliphatic rings. The van der Waals surface area contributed by atoms with Crippen LogP contribution < -0.4 is 14.8 Å². The lowest BCUT2D eigenvalue weighted by molar-refractivity contribution is -0.121. The summed E-state index contributed by atoms with van der Waals surface area (Å²) in [7, 11) is 3.23. The van der Waals surface area contributed by atoms with E-state index >= 15 is 0 Å². The van der Waals surface area contributed by atoms with Crippen molar-refractivity contribution in [2.45, 2.75) is 38.8 Å². The van der Waals surface area contributed by atoms with Crippen molar-refractivity contribution in [1.29, 1.82) is 0 Å². The van der Waals surface area contributed by atoms with Gasteiger partial charge in [-0.1, -0.05) is 12.1 Å². The lowest BCUT2D eigenvalue weighted by Crippen LogP contribution is -2.35. The summed E-state index contributed by atoms with van der Waals surface area (Å²) < 4.78 is 10.6. The minimum atomic E-state index is 0.0676. The predicted octanol–water partition coefficient (Wildman–Crippen LogP) is 3.72. The van der Waals surface area contributed by atoms with Gasteiger partial charge >= 0.3 is 0 Å². The van der Waals surface area contributed by atoms with Gasteiger partial charge in [-0.25, -0.2) is 0 Å². The molecule has 1 saturated heterocycles. The van der Waals surface area contributed by atoms with Gasteiger partial charge in [0, 0.05) is 37.7 Å². The number of carbonyl (C=O) groups is 1. The first-order valence-corrected chi connectivity index (χ1v) is 10.5. The monoisotopic (exact) mass is 412 g/mol. The maximum absolute atomic E-state index is 12.4. The molecule has 30 heavy (non-hydrogen) atoms. The van der Waals surface area contributed by atoms with Crippen molar-refractivity contribution >= 4 is 5.91 Å². The van der Waals surface area contributed by atoms with Gasteiger partial charge in [0.1, 0.15) is 17.2 Å². The van der Waals surface area contributed by atoms with E-state index in [2.05, 4.69) is 10.2 Å². The zero-order chi connectivity index (χ0) is 21.3. The summed E-state index contributed by atoms with van der Waals surface area (Å²) in [4.78, 5) is 14.8. The first kappa shape index (κ1) is 22.0. The average Bonchev–Trinajstić information content (AvgIpc) is 2.76. The van der Waals surface area contributed by atoms with Gasteiger partial charge in [-0.3, -0.25) is 9.69 Å². The second-order valence-corrected chi connectivity index (χ2v) is 7.91. The molecule has 0 unspecified atom stereocenters. The highest BCUT2D eigenvalue weighted by Crippen LogP contribution is 2.25. The normalized spacial score (nSPS) is 16.8. The van der Waals surface area contributed by atoms with Crippen molar-refractivity contribution in [1.82, 2.24) is 10.2 Å². The number of aromatic hydroxyl groups is 1. The molecule has 1 amide bonds. The third-order valence-electron chi connectivity index (χ3n) is 5.67. The topological polar surface area (TPSA) is 71.0 Å². The first-order valence-electron chi connectivity index (χ1n) is 10.5. The molecule has 1 fully saturated rings. The van der Waals surface area contributed by atoms with Crippen LogP contribution in [0.3, 0.4) is 0 Å². The van der Waals surface area contributed by atoms with Crippen molar-refractivity contribution in [3.05, 3.63) is 53.6 Å². The zero-order valence-electron chi connectivity index (χ0n) is 17.9. The Morgan fingerprint density at radius 2 is 2.07 bits per heavy atom. The van der Waals surface area contributed by atoms with Crippen LogP contribution in [-0.4, -0.2) is 43.2 Å². The third kappa shape index (κ3) is 6.39. The highest BCUT2D eigenvalue weighted by molar-refractivity contribution is 5.75. The van der Waals surface area contributed by atoms with Crippen molar-refractivity contribution in [3.8, 4) is 17.2 Å². The van der Waals surface area contributed by atoms with E-state index in [1.165, 1.54) is 0 Å². The maximum atomic E-state index is 12.4. The predicted molar refractivity (Wildman–Crippen MR) is 117 cm³/mol. The van der Waals surface area contributed by atoms with E-state index in [0.29, 0.717) is 30.4 Å². The molecule has 1 heterocycles. The molecular weight excluding hydrogens is 380 g/mol. The Balaban J connectivity index is 1.43. The quantitative estimate of drug-likeness (QED) is 0.657. The number of hydrogen-bond donors (Lipinski definition) is 2. The van der Waals surface area contributed by atoms with Crippen molar-refractivity contribution in [3.63, 3.8) is 0 Å². The molecule has 2 N–H and O–H groups in total. The summed E-state index contributed by atoms with van der Waals surface area (Å²) in [5.41, 5.74) is 2.06. The van der Waals surface area contributed by atoms with Crippen LogP contribution in [0.4, 0.5) is 0 Å². The molecule has 0 aromatic heterocycles.